The number of nitrogens with zero attached hydrogens (tertiary/aromatic N) is 2. The molecular formula is C14H22BrN3O2. The van der Waals surface area contributed by atoms with Gasteiger partial charge in [0.25, 0.3) is 5.69 Å². The predicted octanol–water partition coefficient (Wildman–Crippen LogP) is 3.71. The molecule has 0 saturated heterocycles. The van der Waals surface area contributed by atoms with Gasteiger partial charge in [0.05, 0.1) is 4.92 Å². The molecule has 1 aromatic heterocycles. The van der Waals surface area contributed by atoms with Crippen LogP contribution in [0.2, 0.25) is 0 Å². The summed E-state index contributed by atoms with van der Waals surface area (Å²) in [4.78, 5) is 15.0. The van der Waals surface area contributed by atoms with Crippen LogP contribution in [-0.2, 0) is 6.42 Å². The van der Waals surface area contributed by atoms with Gasteiger partial charge < -0.3 is 5.32 Å². The first-order chi connectivity index (χ1) is 9.43. The highest BCUT2D eigenvalue weighted by molar-refractivity contribution is 9.10. The molecule has 1 N–H and O–H groups in total. The molecule has 0 spiro atoms. The van der Waals surface area contributed by atoms with Gasteiger partial charge in [-0.1, -0.05) is 20.8 Å². The molecule has 1 unspecified atom stereocenters. The Morgan fingerprint density at radius 2 is 2.20 bits per heavy atom. The highest BCUT2D eigenvalue weighted by Gasteiger charge is 2.20. The topological polar surface area (TPSA) is 68.1 Å². The molecule has 0 radical (unpaired) electrons. The van der Waals surface area contributed by atoms with Crippen molar-refractivity contribution in [3.05, 3.63) is 32.5 Å². The normalized spacial score (nSPS) is 12.7. The summed E-state index contributed by atoms with van der Waals surface area (Å²) in [5.74, 6) is 0.541. The maximum atomic E-state index is 11.1. The lowest BCUT2D eigenvalue weighted by molar-refractivity contribution is -0.386. The Balaban J connectivity index is 2.88. The van der Waals surface area contributed by atoms with Gasteiger partial charge >= 0.3 is 0 Å². The largest absolute Gasteiger partial charge is 0.314 e. The maximum Gasteiger partial charge on any atom is 0.291 e. The third-order valence-corrected chi connectivity index (χ3v) is 3.42. The Morgan fingerprint density at radius 1 is 1.50 bits per heavy atom. The van der Waals surface area contributed by atoms with E-state index in [4.69, 9.17) is 0 Å². The highest BCUT2D eigenvalue weighted by Crippen LogP contribution is 2.23. The third kappa shape index (κ3) is 5.54. The summed E-state index contributed by atoms with van der Waals surface area (Å²) in [5.41, 5.74) is 0.638. The lowest BCUT2D eigenvalue weighted by Crippen LogP contribution is -2.33. The van der Waals surface area contributed by atoms with Crippen LogP contribution in [0, 0.1) is 16.0 Å². The van der Waals surface area contributed by atoms with E-state index in [2.05, 4.69) is 47.0 Å². The van der Waals surface area contributed by atoms with Gasteiger partial charge in [0, 0.05) is 29.2 Å². The van der Waals surface area contributed by atoms with Crippen LogP contribution in [0.15, 0.2) is 16.7 Å². The van der Waals surface area contributed by atoms with Crippen LogP contribution >= 0.6 is 15.9 Å². The minimum atomic E-state index is -0.362. The number of nitro groups is 1. The van der Waals surface area contributed by atoms with Crippen molar-refractivity contribution >= 4 is 21.6 Å². The first-order valence-corrected chi connectivity index (χ1v) is 7.75. The number of nitrogens with one attached hydrogen (secondary N) is 1. The van der Waals surface area contributed by atoms with Crippen molar-refractivity contribution < 1.29 is 4.92 Å². The van der Waals surface area contributed by atoms with Gasteiger partial charge in [-0.3, -0.25) is 15.1 Å². The number of aromatic nitrogens is 1. The van der Waals surface area contributed by atoms with E-state index in [1.807, 2.05) is 0 Å². The monoisotopic (exact) mass is 343 g/mol. The summed E-state index contributed by atoms with van der Waals surface area (Å²) in [6.07, 6.45) is 4.23. The van der Waals surface area contributed by atoms with E-state index in [1.165, 1.54) is 6.07 Å². The zero-order chi connectivity index (χ0) is 15.1. The summed E-state index contributed by atoms with van der Waals surface area (Å²) in [7, 11) is 0. The predicted molar refractivity (Wildman–Crippen MR) is 83.8 cm³/mol. The number of pyridine rings is 1. The van der Waals surface area contributed by atoms with Crippen LogP contribution < -0.4 is 5.32 Å². The molecule has 0 saturated carbocycles. The first-order valence-electron chi connectivity index (χ1n) is 6.96. The molecule has 0 fully saturated rings. The molecule has 1 rings (SSSR count). The molecule has 20 heavy (non-hydrogen) atoms. The molecular weight excluding hydrogens is 322 g/mol. The third-order valence-electron chi connectivity index (χ3n) is 2.99. The highest BCUT2D eigenvalue weighted by atomic mass is 79.9. The summed E-state index contributed by atoms with van der Waals surface area (Å²) in [6, 6.07) is 1.75. The van der Waals surface area contributed by atoms with Crippen molar-refractivity contribution in [2.75, 3.05) is 6.54 Å². The molecule has 0 amide bonds. The minimum Gasteiger partial charge on any atom is -0.314 e. The molecule has 1 aromatic rings. The number of hydrogen-bond acceptors (Lipinski definition) is 4. The summed E-state index contributed by atoms with van der Waals surface area (Å²) < 4.78 is 0.634. The molecule has 5 nitrogen and oxygen atoms in total. The Morgan fingerprint density at radius 3 is 2.75 bits per heavy atom. The van der Waals surface area contributed by atoms with Gasteiger partial charge in [-0.05, 0) is 41.2 Å². The van der Waals surface area contributed by atoms with Crippen LogP contribution in [-0.4, -0.2) is 22.5 Å². The zero-order valence-corrected chi connectivity index (χ0v) is 13.8. The molecule has 1 heterocycles. The first kappa shape index (κ1) is 17.0. The van der Waals surface area contributed by atoms with Crippen molar-refractivity contribution in [3.8, 4) is 0 Å². The lowest BCUT2D eigenvalue weighted by Gasteiger charge is -2.20. The molecule has 0 aliphatic heterocycles. The lowest BCUT2D eigenvalue weighted by atomic mass is 9.99. The van der Waals surface area contributed by atoms with Crippen LogP contribution in [0.5, 0.6) is 0 Å². The molecule has 0 aliphatic carbocycles. The van der Waals surface area contributed by atoms with Gasteiger partial charge in [0.15, 0.2) is 0 Å². The van der Waals surface area contributed by atoms with Gasteiger partial charge in [-0.2, -0.15) is 0 Å². The Labute approximate surface area is 128 Å². The van der Waals surface area contributed by atoms with Crippen LogP contribution in [0.4, 0.5) is 5.69 Å². The van der Waals surface area contributed by atoms with Gasteiger partial charge in [0.1, 0.15) is 5.69 Å². The second-order valence-electron chi connectivity index (χ2n) is 5.36. The van der Waals surface area contributed by atoms with E-state index in [0.717, 1.165) is 19.4 Å². The van der Waals surface area contributed by atoms with Gasteiger partial charge in [0.2, 0.25) is 0 Å². The fourth-order valence-electron chi connectivity index (χ4n) is 2.16. The molecule has 0 bridgehead atoms. The summed E-state index contributed by atoms with van der Waals surface area (Å²) in [5, 5.41) is 14.6. The molecule has 0 aliphatic rings. The van der Waals surface area contributed by atoms with Crippen LogP contribution in [0.1, 0.15) is 39.3 Å². The Hall–Kier alpha value is -1.01. The van der Waals surface area contributed by atoms with E-state index >= 15 is 0 Å². The maximum absolute atomic E-state index is 11.1. The van der Waals surface area contributed by atoms with E-state index < -0.39 is 0 Å². The summed E-state index contributed by atoms with van der Waals surface area (Å²) in [6.45, 7) is 7.34. The van der Waals surface area contributed by atoms with Gasteiger partial charge in [-0.15, -0.1) is 0 Å². The van der Waals surface area contributed by atoms with Crippen molar-refractivity contribution in [2.24, 2.45) is 5.92 Å². The Kier molecular flexibility index (Phi) is 7.09. The van der Waals surface area contributed by atoms with Crippen molar-refractivity contribution in [1.82, 2.24) is 10.3 Å². The van der Waals surface area contributed by atoms with Crippen molar-refractivity contribution in [2.45, 2.75) is 46.1 Å². The summed E-state index contributed by atoms with van der Waals surface area (Å²) >= 11 is 3.23. The molecule has 0 aromatic carbocycles. The number of rotatable bonds is 8. The van der Waals surface area contributed by atoms with E-state index in [-0.39, 0.29) is 16.7 Å². The standard InChI is InChI=1S/C14H22BrN3O2/c1-4-5-16-12(6-10(2)3)8-13-14(18(19)20)7-11(15)9-17-13/h7,9-10,12,16H,4-6,8H2,1-3H3. The van der Waals surface area contributed by atoms with E-state index in [9.17, 15) is 10.1 Å². The Bertz CT molecular complexity index is 452. The molecule has 112 valence electrons. The molecule has 6 heteroatoms. The fourth-order valence-corrected chi connectivity index (χ4v) is 2.48. The van der Waals surface area contributed by atoms with Crippen molar-refractivity contribution in [3.63, 3.8) is 0 Å². The van der Waals surface area contributed by atoms with E-state index in [0.29, 0.717) is 22.5 Å². The van der Waals surface area contributed by atoms with E-state index in [1.54, 1.807) is 6.20 Å². The number of hydrogen-bond donors (Lipinski definition) is 1. The number of halogens is 1. The van der Waals surface area contributed by atoms with Crippen molar-refractivity contribution in [1.29, 1.82) is 0 Å². The second-order valence-corrected chi connectivity index (χ2v) is 6.28. The average Bonchev–Trinajstić information content (AvgIpc) is 2.37. The SMILES string of the molecule is CCCNC(Cc1ncc(Br)cc1[N+](=O)[O-])CC(C)C. The van der Waals surface area contributed by atoms with Crippen LogP contribution in [0.25, 0.3) is 0 Å². The fraction of sp³-hybridized carbons (Fsp3) is 0.643. The smallest absolute Gasteiger partial charge is 0.291 e. The van der Waals surface area contributed by atoms with Crippen LogP contribution in [0.3, 0.4) is 0 Å². The van der Waals surface area contributed by atoms with Gasteiger partial charge in [-0.25, -0.2) is 0 Å². The second kappa shape index (κ2) is 8.32. The quantitative estimate of drug-likeness (QED) is 0.577. The molecule has 1 atom stereocenters. The minimum absolute atomic E-state index is 0.0893. The average molecular weight is 344 g/mol. The zero-order valence-electron chi connectivity index (χ0n) is 12.2.